The van der Waals surface area contributed by atoms with Crippen molar-refractivity contribution in [2.75, 3.05) is 19.9 Å². The lowest BCUT2D eigenvalue weighted by atomic mass is 9.94. The molecule has 1 fully saturated rings. The molecule has 0 saturated carbocycles. The third-order valence-corrected chi connectivity index (χ3v) is 5.17. The Hall–Kier alpha value is -2.20. The lowest BCUT2D eigenvalue weighted by Crippen LogP contribution is -2.34. The third-order valence-electron chi connectivity index (χ3n) is 4.92. The molecule has 2 aromatic rings. The Labute approximate surface area is 152 Å². The van der Waals surface area contributed by atoms with E-state index in [1.165, 1.54) is 5.56 Å². The third kappa shape index (κ3) is 3.45. The van der Waals surface area contributed by atoms with Crippen molar-refractivity contribution >= 4 is 17.5 Å². The fourth-order valence-electron chi connectivity index (χ4n) is 3.55. The van der Waals surface area contributed by atoms with Crippen LogP contribution in [-0.4, -0.2) is 30.7 Å². The van der Waals surface area contributed by atoms with E-state index >= 15 is 0 Å². The van der Waals surface area contributed by atoms with E-state index in [0.717, 1.165) is 37.4 Å². The Kier molecular flexibility index (Phi) is 4.53. The van der Waals surface area contributed by atoms with Crippen molar-refractivity contribution in [2.45, 2.75) is 25.2 Å². The molecule has 0 spiro atoms. The van der Waals surface area contributed by atoms with Crippen LogP contribution >= 0.6 is 11.6 Å². The van der Waals surface area contributed by atoms with Gasteiger partial charge in [0.1, 0.15) is 0 Å². The van der Waals surface area contributed by atoms with Crippen molar-refractivity contribution in [1.82, 2.24) is 4.90 Å². The molecule has 2 aliphatic heterocycles. The first-order valence-electron chi connectivity index (χ1n) is 8.65. The average molecular weight is 358 g/mol. The normalized spacial score (nSPS) is 19.6. The molecule has 1 amide bonds. The van der Waals surface area contributed by atoms with Gasteiger partial charge < -0.3 is 14.4 Å². The molecule has 4 rings (SSSR count). The van der Waals surface area contributed by atoms with Crippen LogP contribution in [0.15, 0.2) is 42.5 Å². The monoisotopic (exact) mass is 357 g/mol. The molecule has 0 bridgehead atoms. The predicted molar refractivity (Wildman–Crippen MR) is 96.5 cm³/mol. The van der Waals surface area contributed by atoms with E-state index in [2.05, 4.69) is 12.1 Å². The van der Waals surface area contributed by atoms with Gasteiger partial charge in [-0.05, 0) is 48.7 Å². The van der Waals surface area contributed by atoms with Crippen LogP contribution in [0.5, 0.6) is 11.5 Å². The Balaban J connectivity index is 1.54. The lowest BCUT2D eigenvalue weighted by Gasteiger charge is -2.25. The summed E-state index contributed by atoms with van der Waals surface area (Å²) in [6.45, 7) is 1.74. The molecule has 5 heteroatoms. The molecule has 130 valence electrons. The van der Waals surface area contributed by atoms with Crippen LogP contribution in [0.1, 0.15) is 41.1 Å². The summed E-state index contributed by atoms with van der Waals surface area (Å²) in [6, 6.07) is 13.4. The molecule has 0 aliphatic carbocycles. The standard InChI is InChI=1S/C20H20ClNO3/c21-17-7-4-14(5-8-17)16-3-1-2-10-22(12-16)20(23)15-6-9-18-19(11-15)25-13-24-18/h4-9,11,16H,1-3,10,12-13H2. The van der Waals surface area contributed by atoms with Gasteiger partial charge in [0.2, 0.25) is 6.79 Å². The molecule has 2 aromatic carbocycles. The van der Waals surface area contributed by atoms with E-state index in [1.807, 2.05) is 29.2 Å². The second kappa shape index (κ2) is 6.96. The summed E-state index contributed by atoms with van der Waals surface area (Å²) in [7, 11) is 0. The maximum Gasteiger partial charge on any atom is 0.254 e. The maximum atomic E-state index is 13.0. The highest BCUT2D eigenvalue weighted by atomic mass is 35.5. The highest BCUT2D eigenvalue weighted by molar-refractivity contribution is 6.30. The first-order chi connectivity index (χ1) is 12.2. The number of hydrogen-bond donors (Lipinski definition) is 0. The number of fused-ring (bicyclic) bond motifs is 1. The zero-order chi connectivity index (χ0) is 17.2. The van der Waals surface area contributed by atoms with E-state index in [-0.39, 0.29) is 12.7 Å². The van der Waals surface area contributed by atoms with Crippen LogP contribution < -0.4 is 9.47 Å². The van der Waals surface area contributed by atoms with Crippen LogP contribution in [0.2, 0.25) is 5.02 Å². The van der Waals surface area contributed by atoms with Crippen molar-refractivity contribution in [3.8, 4) is 11.5 Å². The summed E-state index contributed by atoms with van der Waals surface area (Å²) in [5.74, 6) is 1.75. The van der Waals surface area contributed by atoms with Gasteiger partial charge in [0.05, 0.1) is 0 Å². The summed E-state index contributed by atoms with van der Waals surface area (Å²) in [5, 5.41) is 0.741. The summed E-state index contributed by atoms with van der Waals surface area (Å²) >= 11 is 6.00. The number of carbonyl (C=O) groups excluding carboxylic acids is 1. The largest absolute Gasteiger partial charge is 0.454 e. The van der Waals surface area contributed by atoms with Crippen molar-refractivity contribution in [2.24, 2.45) is 0 Å². The number of nitrogens with zero attached hydrogens (tertiary/aromatic N) is 1. The molecule has 1 unspecified atom stereocenters. The van der Waals surface area contributed by atoms with E-state index in [0.29, 0.717) is 23.0 Å². The average Bonchev–Trinajstić information content (AvgIpc) is 2.97. The molecule has 2 heterocycles. The van der Waals surface area contributed by atoms with Gasteiger partial charge in [0.25, 0.3) is 5.91 Å². The number of likely N-dealkylation sites (tertiary alicyclic amines) is 1. The van der Waals surface area contributed by atoms with Gasteiger partial charge in [0, 0.05) is 29.6 Å². The number of amides is 1. The van der Waals surface area contributed by atoms with Crippen LogP contribution in [0.25, 0.3) is 0 Å². The van der Waals surface area contributed by atoms with Crippen LogP contribution in [-0.2, 0) is 0 Å². The lowest BCUT2D eigenvalue weighted by molar-refractivity contribution is 0.0754. The Bertz CT molecular complexity index is 775. The second-order valence-corrected chi connectivity index (χ2v) is 7.00. The van der Waals surface area contributed by atoms with Gasteiger partial charge >= 0.3 is 0 Å². The number of hydrogen-bond acceptors (Lipinski definition) is 3. The number of benzene rings is 2. The quantitative estimate of drug-likeness (QED) is 0.795. The van der Waals surface area contributed by atoms with E-state index in [4.69, 9.17) is 21.1 Å². The molecule has 0 radical (unpaired) electrons. The van der Waals surface area contributed by atoms with Crippen molar-refractivity contribution < 1.29 is 14.3 Å². The Morgan fingerprint density at radius 3 is 2.68 bits per heavy atom. The topological polar surface area (TPSA) is 38.8 Å². The minimum Gasteiger partial charge on any atom is -0.454 e. The van der Waals surface area contributed by atoms with Gasteiger partial charge in [-0.3, -0.25) is 4.79 Å². The van der Waals surface area contributed by atoms with Gasteiger partial charge in [-0.2, -0.15) is 0 Å². The number of rotatable bonds is 2. The van der Waals surface area contributed by atoms with Crippen molar-refractivity contribution in [1.29, 1.82) is 0 Å². The van der Waals surface area contributed by atoms with E-state index in [9.17, 15) is 4.79 Å². The number of ether oxygens (including phenoxy) is 2. The molecule has 4 nitrogen and oxygen atoms in total. The predicted octanol–water partition coefficient (Wildman–Crippen LogP) is 4.48. The first-order valence-corrected chi connectivity index (χ1v) is 9.03. The minimum atomic E-state index is 0.0548. The molecule has 0 aromatic heterocycles. The SMILES string of the molecule is O=C(c1ccc2c(c1)OCO2)N1CCCCC(c2ccc(Cl)cc2)C1. The highest BCUT2D eigenvalue weighted by Crippen LogP contribution is 2.34. The maximum absolute atomic E-state index is 13.0. The van der Waals surface area contributed by atoms with Crippen molar-refractivity contribution in [3.05, 3.63) is 58.6 Å². The molecule has 0 N–H and O–H groups in total. The van der Waals surface area contributed by atoms with Crippen LogP contribution in [0, 0.1) is 0 Å². The summed E-state index contributed by atoms with van der Waals surface area (Å²) in [4.78, 5) is 15.0. The summed E-state index contributed by atoms with van der Waals surface area (Å²) in [5.41, 5.74) is 1.90. The molecular weight excluding hydrogens is 338 g/mol. The fraction of sp³-hybridized carbons (Fsp3) is 0.350. The zero-order valence-electron chi connectivity index (χ0n) is 13.9. The fourth-order valence-corrected chi connectivity index (χ4v) is 3.67. The molecule has 2 aliphatic rings. The zero-order valence-corrected chi connectivity index (χ0v) is 14.7. The van der Waals surface area contributed by atoms with E-state index in [1.54, 1.807) is 6.07 Å². The number of halogens is 1. The minimum absolute atomic E-state index is 0.0548. The highest BCUT2D eigenvalue weighted by Gasteiger charge is 2.25. The first kappa shape index (κ1) is 16.3. The number of carbonyl (C=O) groups is 1. The second-order valence-electron chi connectivity index (χ2n) is 6.56. The Morgan fingerprint density at radius 1 is 1.04 bits per heavy atom. The van der Waals surface area contributed by atoms with Crippen LogP contribution in [0.3, 0.4) is 0 Å². The van der Waals surface area contributed by atoms with Gasteiger partial charge in [-0.15, -0.1) is 0 Å². The summed E-state index contributed by atoms with van der Waals surface area (Å²) < 4.78 is 10.7. The van der Waals surface area contributed by atoms with Gasteiger partial charge in [-0.1, -0.05) is 30.2 Å². The molecule has 1 saturated heterocycles. The van der Waals surface area contributed by atoms with Gasteiger partial charge in [0.15, 0.2) is 11.5 Å². The van der Waals surface area contributed by atoms with Crippen molar-refractivity contribution in [3.63, 3.8) is 0 Å². The molecule has 25 heavy (non-hydrogen) atoms. The molecule has 1 atom stereocenters. The smallest absolute Gasteiger partial charge is 0.254 e. The molecular formula is C20H20ClNO3. The van der Waals surface area contributed by atoms with Crippen LogP contribution in [0.4, 0.5) is 0 Å². The Morgan fingerprint density at radius 2 is 1.84 bits per heavy atom. The summed E-state index contributed by atoms with van der Waals surface area (Å²) in [6.07, 6.45) is 3.24. The van der Waals surface area contributed by atoms with E-state index < -0.39 is 0 Å². The van der Waals surface area contributed by atoms with Gasteiger partial charge in [-0.25, -0.2) is 0 Å².